The lowest BCUT2D eigenvalue weighted by Gasteiger charge is -2.33. The lowest BCUT2D eigenvalue weighted by Crippen LogP contribution is -3.15. The average molecular weight is 369 g/mol. The number of aliphatic hydroxyl groups is 1. The first-order valence-electron chi connectivity index (χ1n) is 9.96. The van der Waals surface area contributed by atoms with Crippen LogP contribution in [-0.2, 0) is 6.42 Å². The zero-order chi connectivity index (χ0) is 19.0. The van der Waals surface area contributed by atoms with Crippen LogP contribution in [0.1, 0.15) is 30.3 Å². The molecule has 1 aliphatic rings. The number of hydrogen-bond donors (Lipinski definition) is 2. The number of aliphatic hydroxyl groups excluding tert-OH is 1. The Bertz CT molecular complexity index is 958. The van der Waals surface area contributed by atoms with Gasteiger partial charge < -0.3 is 14.9 Å². The maximum absolute atomic E-state index is 9.20. The van der Waals surface area contributed by atoms with Crippen molar-refractivity contribution in [3.05, 3.63) is 29.1 Å². The Balaban J connectivity index is 1.82. The Morgan fingerprint density at radius 3 is 2.63 bits per heavy atom. The molecule has 27 heavy (non-hydrogen) atoms. The Hall–Kier alpha value is -2.25. The van der Waals surface area contributed by atoms with Gasteiger partial charge in [-0.2, -0.15) is 4.52 Å². The van der Waals surface area contributed by atoms with Crippen LogP contribution >= 0.6 is 0 Å². The molecule has 0 atom stereocenters. The van der Waals surface area contributed by atoms with Crippen LogP contribution in [0.4, 0.5) is 5.82 Å². The average Bonchev–Trinajstić information content (AvgIpc) is 3.00. The third-order valence-corrected chi connectivity index (χ3v) is 5.47. The topological polar surface area (TPSA) is 71.0 Å². The molecule has 7 heteroatoms. The van der Waals surface area contributed by atoms with Crippen LogP contribution in [0.5, 0.6) is 0 Å². The second kappa shape index (κ2) is 7.40. The molecule has 0 amide bonds. The lowest BCUT2D eigenvalue weighted by molar-refractivity contribution is -0.900. The molecule has 4 rings (SSSR count). The van der Waals surface area contributed by atoms with Gasteiger partial charge in [0.05, 0.1) is 38.2 Å². The fourth-order valence-electron chi connectivity index (χ4n) is 4.12. The van der Waals surface area contributed by atoms with Crippen LogP contribution in [0.25, 0.3) is 16.7 Å². The monoisotopic (exact) mass is 369 g/mol. The van der Waals surface area contributed by atoms with Crippen LogP contribution in [0.2, 0.25) is 0 Å². The minimum Gasteiger partial charge on any atom is -0.391 e. The molecule has 0 radical (unpaired) electrons. The largest absolute Gasteiger partial charge is 0.391 e. The van der Waals surface area contributed by atoms with Crippen molar-refractivity contribution in [3.63, 3.8) is 0 Å². The molecule has 144 valence electrons. The number of aromatic nitrogens is 4. The van der Waals surface area contributed by atoms with Crippen LogP contribution in [-0.4, -0.2) is 64.0 Å². The molecule has 2 N–H and O–H groups in total. The third-order valence-electron chi connectivity index (χ3n) is 5.47. The predicted octanol–water partition coefficient (Wildman–Crippen LogP) is 0.544. The number of quaternary nitrogens is 1. The summed E-state index contributed by atoms with van der Waals surface area (Å²) in [6, 6.07) is 4.30. The van der Waals surface area contributed by atoms with Gasteiger partial charge in [0.2, 0.25) is 0 Å². The quantitative estimate of drug-likeness (QED) is 0.687. The highest BCUT2D eigenvalue weighted by molar-refractivity contribution is 5.93. The lowest BCUT2D eigenvalue weighted by atomic mass is 10.1. The first-order chi connectivity index (χ1) is 13.1. The fraction of sp³-hybridized carbons (Fsp3) is 0.550. The number of aryl methyl sites for hydroxylation is 3. The highest BCUT2D eigenvalue weighted by atomic mass is 16.3. The van der Waals surface area contributed by atoms with Crippen molar-refractivity contribution in [1.29, 1.82) is 0 Å². The minimum absolute atomic E-state index is 0.254. The van der Waals surface area contributed by atoms with Crippen molar-refractivity contribution in [2.24, 2.45) is 0 Å². The van der Waals surface area contributed by atoms with Crippen LogP contribution in [0.15, 0.2) is 12.1 Å². The molecular formula is C20H29N6O+. The van der Waals surface area contributed by atoms with Crippen molar-refractivity contribution in [2.75, 3.05) is 44.2 Å². The van der Waals surface area contributed by atoms with E-state index in [9.17, 15) is 5.11 Å². The Morgan fingerprint density at radius 2 is 1.93 bits per heavy atom. The van der Waals surface area contributed by atoms with E-state index in [1.165, 1.54) is 10.5 Å². The van der Waals surface area contributed by atoms with E-state index < -0.39 is 0 Å². The van der Waals surface area contributed by atoms with Gasteiger partial charge in [-0.05, 0) is 31.9 Å². The van der Waals surface area contributed by atoms with Crippen molar-refractivity contribution in [3.8, 4) is 0 Å². The molecule has 1 aliphatic heterocycles. The second-order valence-corrected chi connectivity index (χ2v) is 7.58. The van der Waals surface area contributed by atoms with Gasteiger partial charge in [0.1, 0.15) is 12.4 Å². The van der Waals surface area contributed by atoms with E-state index in [-0.39, 0.29) is 6.61 Å². The van der Waals surface area contributed by atoms with Crippen LogP contribution in [0.3, 0.4) is 0 Å². The van der Waals surface area contributed by atoms with Crippen molar-refractivity contribution in [1.82, 2.24) is 19.6 Å². The van der Waals surface area contributed by atoms with Gasteiger partial charge in [-0.15, -0.1) is 5.10 Å². The highest BCUT2D eigenvalue weighted by Gasteiger charge is 2.24. The van der Waals surface area contributed by atoms with E-state index in [4.69, 9.17) is 10.1 Å². The van der Waals surface area contributed by atoms with Crippen molar-refractivity contribution >= 4 is 22.5 Å². The van der Waals surface area contributed by atoms with Gasteiger partial charge in [0.15, 0.2) is 11.3 Å². The maximum atomic E-state index is 9.20. The smallest absolute Gasteiger partial charge is 0.184 e. The normalized spacial score (nSPS) is 15.9. The first-order valence-corrected chi connectivity index (χ1v) is 9.96. The molecule has 3 aromatic heterocycles. The summed E-state index contributed by atoms with van der Waals surface area (Å²) >= 11 is 0. The van der Waals surface area contributed by atoms with E-state index in [2.05, 4.69) is 35.9 Å². The van der Waals surface area contributed by atoms with Gasteiger partial charge in [-0.25, -0.2) is 9.97 Å². The number of nitrogens with one attached hydrogen (secondary N) is 1. The second-order valence-electron chi connectivity index (χ2n) is 7.58. The standard InChI is InChI=1S/C20H28N6O/c1-4-5-16-13-17(25-8-6-24(7-9-25)10-11-27)26-20(22-16)18-14(2)12-15(3)21-19(18)23-26/h12-13,27H,4-11H2,1-3H3/p+1. The molecule has 0 saturated carbocycles. The number of pyridine rings is 1. The molecule has 0 unspecified atom stereocenters. The van der Waals surface area contributed by atoms with Crippen molar-refractivity contribution in [2.45, 2.75) is 33.6 Å². The number of rotatable bonds is 5. The number of anilines is 1. The zero-order valence-corrected chi connectivity index (χ0v) is 16.5. The molecule has 0 aliphatic carbocycles. The molecule has 0 bridgehead atoms. The summed E-state index contributed by atoms with van der Waals surface area (Å²) < 4.78 is 1.99. The molecule has 1 saturated heterocycles. The summed E-state index contributed by atoms with van der Waals surface area (Å²) in [6.07, 6.45) is 2.03. The summed E-state index contributed by atoms with van der Waals surface area (Å²) in [7, 11) is 0. The fourth-order valence-corrected chi connectivity index (χ4v) is 4.12. The van der Waals surface area contributed by atoms with Crippen molar-refractivity contribution < 1.29 is 10.0 Å². The summed E-state index contributed by atoms with van der Waals surface area (Å²) in [5, 5.41) is 15.1. The summed E-state index contributed by atoms with van der Waals surface area (Å²) in [6.45, 7) is 11.4. The zero-order valence-electron chi connectivity index (χ0n) is 16.5. The molecule has 3 aromatic rings. The van der Waals surface area contributed by atoms with E-state index >= 15 is 0 Å². The number of piperazine rings is 1. The molecular weight excluding hydrogens is 340 g/mol. The van der Waals surface area contributed by atoms with Gasteiger partial charge in [-0.3, -0.25) is 0 Å². The molecule has 4 heterocycles. The minimum atomic E-state index is 0.254. The molecule has 7 nitrogen and oxygen atoms in total. The number of fused-ring (bicyclic) bond motifs is 3. The van der Waals surface area contributed by atoms with Crippen LogP contribution in [0, 0.1) is 13.8 Å². The Morgan fingerprint density at radius 1 is 1.15 bits per heavy atom. The van der Waals surface area contributed by atoms with Gasteiger partial charge in [0, 0.05) is 17.5 Å². The van der Waals surface area contributed by atoms with Gasteiger partial charge >= 0.3 is 0 Å². The number of nitrogens with zero attached hydrogens (tertiary/aromatic N) is 5. The Kier molecular flexibility index (Phi) is 4.97. The third kappa shape index (κ3) is 3.37. The SMILES string of the molecule is CCCc1cc(N2CC[NH+](CCO)CC2)n2nc3nc(C)cc(C)c3c2n1. The summed E-state index contributed by atoms with van der Waals surface area (Å²) in [5.74, 6) is 1.11. The molecule has 0 aromatic carbocycles. The van der Waals surface area contributed by atoms with E-state index in [0.29, 0.717) is 0 Å². The molecule has 1 fully saturated rings. The Labute approximate surface area is 159 Å². The number of hydrogen-bond acceptors (Lipinski definition) is 5. The summed E-state index contributed by atoms with van der Waals surface area (Å²) in [4.78, 5) is 13.5. The van der Waals surface area contributed by atoms with E-state index in [1.807, 2.05) is 11.4 Å². The van der Waals surface area contributed by atoms with Gasteiger partial charge in [-0.1, -0.05) is 13.3 Å². The maximum Gasteiger partial charge on any atom is 0.184 e. The van der Waals surface area contributed by atoms with Gasteiger partial charge in [0.25, 0.3) is 0 Å². The molecule has 0 spiro atoms. The van der Waals surface area contributed by atoms with E-state index in [0.717, 1.165) is 79.5 Å². The first kappa shape index (κ1) is 18.1. The highest BCUT2D eigenvalue weighted by Crippen LogP contribution is 2.26. The predicted molar refractivity (Wildman–Crippen MR) is 107 cm³/mol. The van der Waals surface area contributed by atoms with Crippen LogP contribution < -0.4 is 9.80 Å². The summed E-state index contributed by atoms with van der Waals surface area (Å²) in [5.41, 5.74) is 4.98. The van der Waals surface area contributed by atoms with E-state index in [1.54, 1.807) is 0 Å².